The van der Waals surface area contributed by atoms with Crippen LogP contribution in [0.5, 0.6) is 0 Å². The summed E-state index contributed by atoms with van der Waals surface area (Å²) < 4.78 is 11.3. The number of nitrogens with zero attached hydrogens (tertiary/aromatic N) is 1. The van der Waals surface area contributed by atoms with E-state index in [0.29, 0.717) is 19.1 Å². The molecule has 1 fully saturated rings. The summed E-state index contributed by atoms with van der Waals surface area (Å²) in [5.41, 5.74) is 1.02. The molecule has 1 heterocycles. The van der Waals surface area contributed by atoms with Gasteiger partial charge in [0.05, 0.1) is 12.5 Å². The van der Waals surface area contributed by atoms with Gasteiger partial charge in [-0.3, -0.25) is 9.69 Å². The van der Waals surface area contributed by atoms with E-state index in [2.05, 4.69) is 18.7 Å². The molecule has 1 aromatic carbocycles. The van der Waals surface area contributed by atoms with Crippen LogP contribution in [0.1, 0.15) is 38.7 Å². The number of benzene rings is 1. The third-order valence-electron chi connectivity index (χ3n) is 4.15. The van der Waals surface area contributed by atoms with Crippen molar-refractivity contribution in [2.75, 3.05) is 32.8 Å². The number of morpholine rings is 1. The van der Waals surface area contributed by atoms with Gasteiger partial charge >= 0.3 is 5.97 Å². The molecule has 0 amide bonds. The van der Waals surface area contributed by atoms with Crippen molar-refractivity contribution < 1.29 is 14.3 Å². The van der Waals surface area contributed by atoms with Gasteiger partial charge in [-0.25, -0.2) is 0 Å². The van der Waals surface area contributed by atoms with E-state index in [1.54, 1.807) is 0 Å². The van der Waals surface area contributed by atoms with Crippen LogP contribution in [0.4, 0.5) is 0 Å². The molecule has 0 bridgehead atoms. The van der Waals surface area contributed by atoms with Crippen LogP contribution in [0.15, 0.2) is 30.3 Å². The van der Waals surface area contributed by atoms with Crippen molar-refractivity contribution in [3.05, 3.63) is 35.9 Å². The highest BCUT2D eigenvalue weighted by molar-refractivity contribution is 5.78. The minimum Gasteiger partial charge on any atom is -0.462 e. The Morgan fingerprint density at radius 3 is 2.74 bits per heavy atom. The van der Waals surface area contributed by atoms with Gasteiger partial charge in [0.2, 0.25) is 0 Å². The van der Waals surface area contributed by atoms with Crippen LogP contribution in [0, 0.1) is 5.92 Å². The number of carbonyl (C=O) groups is 1. The molecule has 2 atom stereocenters. The Bertz CT molecular complexity index is 475. The smallest absolute Gasteiger partial charge is 0.313 e. The molecule has 1 aliphatic heterocycles. The van der Waals surface area contributed by atoms with Crippen LogP contribution in [-0.4, -0.2) is 49.8 Å². The first-order valence-corrected chi connectivity index (χ1v) is 8.65. The van der Waals surface area contributed by atoms with Crippen molar-refractivity contribution in [2.24, 2.45) is 5.92 Å². The molecule has 23 heavy (non-hydrogen) atoms. The quantitative estimate of drug-likeness (QED) is 0.724. The molecule has 1 aromatic rings. The molecule has 2 unspecified atom stereocenters. The average Bonchev–Trinajstić information content (AvgIpc) is 2.54. The van der Waals surface area contributed by atoms with Gasteiger partial charge in [-0.15, -0.1) is 0 Å². The van der Waals surface area contributed by atoms with Crippen molar-refractivity contribution >= 4 is 5.97 Å². The summed E-state index contributed by atoms with van der Waals surface area (Å²) >= 11 is 0. The van der Waals surface area contributed by atoms with Gasteiger partial charge < -0.3 is 9.47 Å². The van der Waals surface area contributed by atoms with E-state index in [-0.39, 0.29) is 18.0 Å². The Balaban J connectivity index is 1.83. The van der Waals surface area contributed by atoms with Crippen molar-refractivity contribution in [1.82, 2.24) is 4.90 Å². The van der Waals surface area contributed by atoms with Crippen LogP contribution in [0.3, 0.4) is 0 Å². The Morgan fingerprint density at radius 1 is 1.35 bits per heavy atom. The fourth-order valence-corrected chi connectivity index (χ4v) is 3.06. The monoisotopic (exact) mass is 319 g/mol. The Kier molecular flexibility index (Phi) is 7.06. The lowest BCUT2D eigenvalue weighted by Crippen LogP contribution is -2.46. The fourth-order valence-electron chi connectivity index (χ4n) is 3.06. The van der Waals surface area contributed by atoms with Gasteiger partial charge in [0.1, 0.15) is 12.7 Å². The van der Waals surface area contributed by atoms with Crippen LogP contribution < -0.4 is 0 Å². The summed E-state index contributed by atoms with van der Waals surface area (Å²) in [7, 11) is 0. The molecular weight excluding hydrogens is 290 g/mol. The molecule has 1 saturated heterocycles. The van der Waals surface area contributed by atoms with Crippen LogP contribution >= 0.6 is 0 Å². The van der Waals surface area contributed by atoms with E-state index in [9.17, 15) is 4.79 Å². The molecular formula is C19H29NO3. The average molecular weight is 319 g/mol. The van der Waals surface area contributed by atoms with Gasteiger partial charge in [-0.2, -0.15) is 0 Å². The third kappa shape index (κ3) is 5.63. The highest BCUT2D eigenvalue weighted by atomic mass is 16.6. The van der Waals surface area contributed by atoms with Crippen molar-refractivity contribution in [3.8, 4) is 0 Å². The minimum atomic E-state index is -0.188. The predicted octanol–water partition coefficient (Wildman–Crippen LogP) is 3.08. The Morgan fingerprint density at radius 2 is 2.09 bits per heavy atom. The molecule has 128 valence electrons. The maximum atomic E-state index is 12.4. The molecule has 0 aliphatic carbocycles. The summed E-state index contributed by atoms with van der Waals surface area (Å²) in [5, 5.41) is 0. The molecule has 0 aromatic heterocycles. The minimum absolute atomic E-state index is 0.0141. The summed E-state index contributed by atoms with van der Waals surface area (Å²) in [4.78, 5) is 14.8. The number of carbonyl (C=O) groups excluding carboxylic acids is 1. The van der Waals surface area contributed by atoms with E-state index in [1.807, 2.05) is 37.3 Å². The maximum absolute atomic E-state index is 12.4. The molecule has 4 heteroatoms. The van der Waals surface area contributed by atoms with Gasteiger partial charge in [-0.1, -0.05) is 51.1 Å². The van der Waals surface area contributed by atoms with E-state index in [0.717, 1.165) is 31.6 Å². The number of hydrogen-bond acceptors (Lipinski definition) is 4. The van der Waals surface area contributed by atoms with Crippen molar-refractivity contribution in [3.63, 3.8) is 0 Å². The second-order valence-electron chi connectivity index (χ2n) is 6.65. The molecule has 2 rings (SSSR count). The maximum Gasteiger partial charge on any atom is 0.313 e. The lowest BCUT2D eigenvalue weighted by molar-refractivity contribution is -0.152. The summed E-state index contributed by atoms with van der Waals surface area (Å²) in [5.74, 6) is 0.300. The standard InChI is InChI=1S/C19H29NO3/c1-4-18(16-8-6-5-7-9-16)19(21)23-14-17-13-20(10-11-22-17)12-15(2)3/h5-9,15,17-18H,4,10-14H2,1-3H3. The van der Waals surface area contributed by atoms with Gasteiger partial charge in [0.15, 0.2) is 0 Å². The first-order chi connectivity index (χ1) is 11.1. The van der Waals surface area contributed by atoms with Gasteiger partial charge in [-0.05, 0) is 17.9 Å². The lowest BCUT2D eigenvalue weighted by atomic mass is 9.97. The molecule has 0 spiro atoms. The lowest BCUT2D eigenvalue weighted by Gasteiger charge is -2.33. The van der Waals surface area contributed by atoms with Crippen molar-refractivity contribution in [2.45, 2.75) is 39.2 Å². The van der Waals surface area contributed by atoms with Gasteiger partial charge in [0, 0.05) is 19.6 Å². The SMILES string of the molecule is CCC(C(=O)OCC1CN(CC(C)C)CCO1)c1ccccc1. The fraction of sp³-hybridized carbons (Fsp3) is 0.632. The number of rotatable bonds is 7. The van der Waals surface area contributed by atoms with Crippen LogP contribution in [0.2, 0.25) is 0 Å². The zero-order valence-corrected chi connectivity index (χ0v) is 14.5. The highest BCUT2D eigenvalue weighted by Crippen LogP contribution is 2.21. The Hall–Kier alpha value is -1.39. The highest BCUT2D eigenvalue weighted by Gasteiger charge is 2.25. The second kappa shape index (κ2) is 9.04. The first kappa shape index (κ1) is 18.0. The molecule has 0 saturated carbocycles. The number of esters is 1. The summed E-state index contributed by atoms with van der Waals surface area (Å²) in [6.07, 6.45) is 0.730. The largest absolute Gasteiger partial charge is 0.462 e. The van der Waals surface area contributed by atoms with Gasteiger partial charge in [0.25, 0.3) is 0 Å². The number of ether oxygens (including phenoxy) is 2. The first-order valence-electron chi connectivity index (χ1n) is 8.65. The normalized spacial score (nSPS) is 20.4. The van der Waals surface area contributed by atoms with Crippen LogP contribution in [0.25, 0.3) is 0 Å². The Labute approximate surface area is 139 Å². The number of hydrogen-bond donors (Lipinski definition) is 0. The molecule has 0 radical (unpaired) electrons. The van der Waals surface area contributed by atoms with E-state index in [4.69, 9.17) is 9.47 Å². The van der Waals surface area contributed by atoms with E-state index < -0.39 is 0 Å². The van der Waals surface area contributed by atoms with E-state index >= 15 is 0 Å². The third-order valence-corrected chi connectivity index (χ3v) is 4.15. The van der Waals surface area contributed by atoms with Crippen LogP contribution in [-0.2, 0) is 14.3 Å². The molecule has 0 N–H and O–H groups in total. The topological polar surface area (TPSA) is 38.8 Å². The molecule has 1 aliphatic rings. The second-order valence-corrected chi connectivity index (χ2v) is 6.65. The van der Waals surface area contributed by atoms with E-state index in [1.165, 1.54) is 0 Å². The predicted molar refractivity (Wildman–Crippen MR) is 91.5 cm³/mol. The zero-order valence-electron chi connectivity index (χ0n) is 14.5. The summed E-state index contributed by atoms with van der Waals surface area (Å²) in [6, 6.07) is 9.84. The summed E-state index contributed by atoms with van der Waals surface area (Å²) in [6.45, 7) is 10.4. The molecule has 4 nitrogen and oxygen atoms in total. The zero-order chi connectivity index (χ0) is 16.7. The van der Waals surface area contributed by atoms with Crippen molar-refractivity contribution in [1.29, 1.82) is 0 Å².